The lowest BCUT2D eigenvalue weighted by molar-refractivity contribution is -0.00631. The molecule has 1 unspecified atom stereocenters. The number of aromatic nitrogens is 1. The number of benzene rings is 1. The van der Waals surface area contributed by atoms with Crippen LogP contribution in [0.5, 0.6) is 0 Å². The van der Waals surface area contributed by atoms with Gasteiger partial charge in [0.05, 0.1) is 18.7 Å². The van der Waals surface area contributed by atoms with Gasteiger partial charge in [0, 0.05) is 19.3 Å². The molecular weight excluding hydrogens is 438 g/mol. The van der Waals surface area contributed by atoms with Gasteiger partial charge >= 0.3 is 0 Å². The summed E-state index contributed by atoms with van der Waals surface area (Å²) in [6.07, 6.45) is 0.719. The Morgan fingerprint density at radius 2 is 2.06 bits per heavy atom. The molecule has 1 aromatic carbocycles. The number of thiazole rings is 1. The van der Waals surface area contributed by atoms with Crippen LogP contribution in [-0.4, -0.2) is 66.0 Å². The average molecular weight is 457 g/mol. The number of anilines is 1. The molecule has 1 aliphatic rings. The van der Waals surface area contributed by atoms with Crippen molar-refractivity contribution in [1.82, 2.24) is 20.5 Å². The first kappa shape index (κ1) is 22.6. The Balaban J connectivity index is 1.79. The van der Waals surface area contributed by atoms with Crippen molar-refractivity contribution >= 4 is 34.3 Å². The van der Waals surface area contributed by atoms with Crippen molar-refractivity contribution in [3.05, 3.63) is 35.5 Å². The van der Waals surface area contributed by atoms with E-state index in [9.17, 15) is 22.4 Å². The summed E-state index contributed by atoms with van der Waals surface area (Å²) in [5.41, 5.74) is 5.02. The van der Waals surface area contributed by atoms with E-state index in [0.29, 0.717) is 11.3 Å². The molecule has 2 heterocycles. The second kappa shape index (κ2) is 8.98. The fourth-order valence-electron chi connectivity index (χ4n) is 3.00. The summed E-state index contributed by atoms with van der Waals surface area (Å²) in [5, 5.41) is 20.3. The summed E-state index contributed by atoms with van der Waals surface area (Å²) < 4.78 is 55.7. The number of rotatable bonds is 5. The van der Waals surface area contributed by atoms with E-state index in [1.807, 2.05) is 0 Å². The molecular formula is C18H19F4N7OS. The predicted octanol–water partition coefficient (Wildman–Crippen LogP) is 1.94. The van der Waals surface area contributed by atoms with Gasteiger partial charge in [-0.3, -0.25) is 10.2 Å². The van der Waals surface area contributed by atoms with E-state index in [2.05, 4.69) is 15.6 Å². The molecule has 1 aliphatic heterocycles. The standard InChI is InChI=1S/C18H19F4N7OS/c19-9-2-1-3-10(20)12(9)17-28-13(15(25)31-17)16(30)27-11(6-23)14(24)29-5-4-26-7-18(21,22)8-29/h1-3,6,11,23-24,26H,4-5,7-8,25H2,(H,27,30). The first-order valence-corrected chi connectivity index (χ1v) is 9.88. The smallest absolute Gasteiger partial charge is 0.277 e. The second-order valence-electron chi connectivity index (χ2n) is 6.79. The zero-order valence-electron chi connectivity index (χ0n) is 16.0. The molecule has 0 spiro atoms. The van der Waals surface area contributed by atoms with Gasteiger partial charge in [-0.2, -0.15) is 0 Å². The van der Waals surface area contributed by atoms with Crippen LogP contribution in [0.15, 0.2) is 18.2 Å². The van der Waals surface area contributed by atoms with Crippen LogP contribution in [0.25, 0.3) is 10.6 Å². The van der Waals surface area contributed by atoms with Crippen molar-refractivity contribution in [1.29, 1.82) is 10.8 Å². The Morgan fingerprint density at radius 3 is 2.71 bits per heavy atom. The molecule has 3 rings (SSSR count). The first-order valence-electron chi connectivity index (χ1n) is 9.07. The van der Waals surface area contributed by atoms with Crippen LogP contribution >= 0.6 is 11.3 Å². The van der Waals surface area contributed by atoms with Gasteiger partial charge in [-0.1, -0.05) is 17.4 Å². The number of nitrogens with zero attached hydrogens (tertiary/aromatic N) is 2. The lowest BCUT2D eigenvalue weighted by Gasteiger charge is -2.29. The van der Waals surface area contributed by atoms with Gasteiger partial charge in [-0.05, 0) is 12.1 Å². The summed E-state index contributed by atoms with van der Waals surface area (Å²) in [4.78, 5) is 17.6. The second-order valence-corrected chi connectivity index (χ2v) is 7.82. The van der Waals surface area contributed by atoms with Crippen molar-refractivity contribution in [3.63, 3.8) is 0 Å². The molecule has 2 aromatic rings. The molecule has 1 fully saturated rings. The minimum Gasteiger partial charge on any atom is -0.389 e. The van der Waals surface area contributed by atoms with Crippen LogP contribution in [0.1, 0.15) is 10.5 Å². The molecule has 8 nitrogen and oxygen atoms in total. The summed E-state index contributed by atoms with van der Waals surface area (Å²) in [5.74, 6) is -6.15. The van der Waals surface area contributed by atoms with E-state index in [1.54, 1.807) is 0 Å². The maximum atomic E-state index is 14.0. The van der Waals surface area contributed by atoms with Gasteiger partial charge in [-0.25, -0.2) is 22.5 Å². The number of nitrogen functional groups attached to an aromatic ring is 1. The zero-order valence-corrected chi connectivity index (χ0v) is 16.8. The maximum Gasteiger partial charge on any atom is 0.277 e. The Labute approximate surface area is 178 Å². The number of amides is 1. The number of nitrogens with one attached hydrogen (secondary N) is 4. The summed E-state index contributed by atoms with van der Waals surface area (Å²) in [6, 6.07) is 1.93. The number of hydrogen-bond donors (Lipinski definition) is 5. The molecule has 31 heavy (non-hydrogen) atoms. The third-order valence-electron chi connectivity index (χ3n) is 4.50. The molecule has 0 bridgehead atoms. The molecule has 0 aliphatic carbocycles. The molecule has 1 amide bonds. The molecule has 1 atom stereocenters. The van der Waals surface area contributed by atoms with Crippen LogP contribution in [0.4, 0.5) is 22.6 Å². The van der Waals surface area contributed by atoms with Gasteiger partial charge in [0.1, 0.15) is 33.5 Å². The van der Waals surface area contributed by atoms with Crippen LogP contribution in [-0.2, 0) is 0 Å². The number of hydrogen-bond acceptors (Lipinski definition) is 7. The molecule has 1 aromatic heterocycles. The lowest BCUT2D eigenvalue weighted by atomic mass is 10.2. The van der Waals surface area contributed by atoms with Crippen molar-refractivity contribution in [2.45, 2.75) is 12.0 Å². The molecule has 6 N–H and O–H groups in total. The maximum absolute atomic E-state index is 14.0. The van der Waals surface area contributed by atoms with Crippen LogP contribution in [0.3, 0.4) is 0 Å². The highest BCUT2D eigenvalue weighted by molar-refractivity contribution is 7.19. The Kier molecular flexibility index (Phi) is 6.55. The van der Waals surface area contributed by atoms with E-state index in [-0.39, 0.29) is 28.8 Å². The molecule has 0 saturated carbocycles. The zero-order chi connectivity index (χ0) is 22.8. The van der Waals surface area contributed by atoms with Crippen molar-refractivity contribution in [2.75, 3.05) is 31.9 Å². The number of halogens is 4. The van der Waals surface area contributed by atoms with E-state index in [0.717, 1.165) is 23.2 Å². The van der Waals surface area contributed by atoms with Crippen LogP contribution in [0, 0.1) is 22.5 Å². The van der Waals surface area contributed by atoms with E-state index >= 15 is 0 Å². The van der Waals surface area contributed by atoms with Crippen LogP contribution in [0.2, 0.25) is 0 Å². The van der Waals surface area contributed by atoms with Gasteiger partial charge in [0.25, 0.3) is 11.8 Å². The van der Waals surface area contributed by atoms with Gasteiger partial charge in [-0.15, -0.1) is 0 Å². The Hall–Kier alpha value is -3.06. The van der Waals surface area contributed by atoms with Crippen molar-refractivity contribution in [3.8, 4) is 10.6 Å². The predicted molar refractivity (Wildman–Crippen MR) is 109 cm³/mol. The molecule has 0 radical (unpaired) electrons. The first-order chi connectivity index (χ1) is 14.6. The fourth-order valence-corrected chi connectivity index (χ4v) is 3.88. The average Bonchev–Trinajstić information content (AvgIpc) is 2.98. The van der Waals surface area contributed by atoms with Gasteiger partial charge in [0.15, 0.2) is 5.69 Å². The van der Waals surface area contributed by atoms with Crippen LogP contribution < -0.4 is 16.4 Å². The largest absolute Gasteiger partial charge is 0.389 e. The van der Waals surface area contributed by atoms with Gasteiger partial charge < -0.3 is 26.7 Å². The Morgan fingerprint density at radius 1 is 1.39 bits per heavy atom. The topological polar surface area (TPSA) is 131 Å². The SMILES string of the molecule is N=CC(NC(=O)c1nc(-c2c(F)cccc2F)sc1N)C(=N)N1CCNCC(F)(F)C1. The highest BCUT2D eigenvalue weighted by atomic mass is 32.1. The van der Waals surface area contributed by atoms with Crippen molar-refractivity contribution < 1.29 is 22.4 Å². The fraction of sp³-hybridized carbons (Fsp3) is 0.333. The molecule has 13 heteroatoms. The van der Waals surface area contributed by atoms with Gasteiger partial charge in [0.2, 0.25) is 0 Å². The summed E-state index contributed by atoms with van der Waals surface area (Å²) >= 11 is 0.695. The normalized spacial score (nSPS) is 17.0. The highest BCUT2D eigenvalue weighted by Gasteiger charge is 2.36. The summed E-state index contributed by atoms with van der Waals surface area (Å²) in [7, 11) is 0. The van der Waals surface area contributed by atoms with E-state index in [4.69, 9.17) is 16.6 Å². The van der Waals surface area contributed by atoms with Crippen molar-refractivity contribution in [2.24, 2.45) is 0 Å². The van der Waals surface area contributed by atoms with E-state index < -0.39 is 54.0 Å². The molecule has 1 saturated heterocycles. The molecule has 166 valence electrons. The monoisotopic (exact) mass is 457 g/mol. The third-order valence-corrected chi connectivity index (χ3v) is 5.40. The Bertz CT molecular complexity index is 993. The minimum absolute atomic E-state index is 0.0875. The van der Waals surface area contributed by atoms with E-state index in [1.165, 1.54) is 6.07 Å². The highest BCUT2D eigenvalue weighted by Crippen LogP contribution is 2.33. The number of carbonyl (C=O) groups excluding carboxylic acids is 1. The number of carbonyl (C=O) groups is 1. The third kappa shape index (κ3) is 4.99. The number of nitrogens with two attached hydrogens (primary N) is 1. The lowest BCUT2D eigenvalue weighted by Crippen LogP contribution is -2.52. The minimum atomic E-state index is -3.09. The summed E-state index contributed by atoms with van der Waals surface area (Å²) in [6.45, 7) is -0.991. The number of alkyl halides is 2. The number of amidine groups is 1. The quantitative estimate of drug-likeness (QED) is 0.266.